The normalized spacial score (nSPS) is 10.5. The molecule has 0 aliphatic rings. The number of thioether (sulfide) groups is 2. The lowest BCUT2D eigenvalue weighted by atomic mass is 10.1. The van der Waals surface area contributed by atoms with Crippen LogP contribution in [-0.2, 0) is 9.59 Å². The number of carboxylic acids is 2. The van der Waals surface area contributed by atoms with Gasteiger partial charge in [-0.1, -0.05) is 30.3 Å². The van der Waals surface area contributed by atoms with Gasteiger partial charge in [0.05, 0.1) is 5.52 Å². The van der Waals surface area contributed by atoms with Crippen LogP contribution in [0.4, 0.5) is 0 Å². The van der Waals surface area contributed by atoms with Gasteiger partial charge in [0.2, 0.25) is 0 Å². The van der Waals surface area contributed by atoms with Crippen molar-refractivity contribution in [2.24, 2.45) is 0 Å². The predicted molar refractivity (Wildman–Crippen MR) is 124 cm³/mol. The molecule has 0 aliphatic heterocycles. The highest BCUT2D eigenvalue weighted by Gasteiger charge is 2.10. The van der Waals surface area contributed by atoms with Crippen LogP contribution < -0.4 is 0 Å². The Morgan fingerprint density at radius 3 is 2.23 bits per heavy atom. The SMILES string of the molecule is CSc1ccc2nc(SCCN(C)C)c(-c3ccccc3)cc2c1.O=C(O)C(=O)O. The van der Waals surface area contributed by atoms with Crippen LogP contribution in [0.15, 0.2) is 64.5 Å². The lowest BCUT2D eigenvalue weighted by molar-refractivity contribution is -0.159. The summed E-state index contributed by atoms with van der Waals surface area (Å²) < 4.78 is 0. The van der Waals surface area contributed by atoms with Crippen LogP contribution >= 0.6 is 23.5 Å². The Morgan fingerprint density at radius 1 is 1.00 bits per heavy atom. The second-order valence-corrected chi connectivity index (χ2v) is 8.49. The minimum atomic E-state index is -1.82. The molecule has 0 aliphatic carbocycles. The number of benzene rings is 2. The van der Waals surface area contributed by atoms with E-state index in [2.05, 4.69) is 79.8 Å². The molecule has 1 aromatic heterocycles. The van der Waals surface area contributed by atoms with Gasteiger partial charge in [0, 0.05) is 28.1 Å². The summed E-state index contributed by atoms with van der Waals surface area (Å²) in [5.41, 5.74) is 3.53. The van der Waals surface area contributed by atoms with Gasteiger partial charge in [-0.3, -0.25) is 0 Å². The number of aromatic nitrogens is 1. The van der Waals surface area contributed by atoms with Gasteiger partial charge in [-0.25, -0.2) is 14.6 Å². The van der Waals surface area contributed by atoms with E-state index in [0.717, 1.165) is 22.8 Å². The molecule has 3 aromatic rings. The minimum absolute atomic E-state index is 1.04. The molecule has 30 heavy (non-hydrogen) atoms. The molecule has 0 unspecified atom stereocenters. The van der Waals surface area contributed by atoms with Crippen molar-refractivity contribution in [2.75, 3.05) is 32.6 Å². The van der Waals surface area contributed by atoms with E-state index in [0.29, 0.717) is 0 Å². The van der Waals surface area contributed by atoms with Crippen molar-refractivity contribution in [1.82, 2.24) is 9.88 Å². The molecule has 3 rings (SSSR count). The fourth-order valence-corrected chi connectivity index (χ4v) is 4.12. The van der Waals surface area contributed by atoms with E-state index in [9.17, 15) is 0 Å². The van der Waals surface area contributed by atoms with Gasteiger partial charge in [-0.2, -0.15) is 0 Å². The van der Waals surface area contributed by atoms with Gasteiger partial charge in [-0.05, 0) is 50.2 Å². The Kier molecular flexibility index (Phi) is 9.16. The second-order valence-electron chi connectivity index (χ2n) is 6.53. The molecule has 1 heterocycles. The first-order valence-electron chi connectivity index (χ1n) is 9.09. The third-order valence-corrected chi connectivity index (χ3v) is 5.73. The summed E-state index contributed by atoms with van der Waals surface area (Å²) in [6.45, 7) is 1.05. The molecular weight excluding hydrogens is 420 g/mol. The number of aliphatic carboxylic acids is 2. The first-order chi connectivity index (χ1) is 14.3. The van der Waals surface area contributed by atoms with Crippen LogP contribution in [0, 0.1) is 0 Å². The lowest BCUT2D eigenvalue weighted by Crippen LogP contribution is -2.14. The zero-order chi connectivity index (χ0) is 22.1. The summed E-state index contributed by atoms with van der Waals surface area (Å²) >= 11 is 3.61. The van der Waals surface area contributed by atoms with Crippen molar-refractivity contribution >= 4 is 46.4 Å². The van der Waals surface area contributed by atoms with E-state index in [-0.39, 0.29) is 0 Å². The van der Waals surface area contributed by atoms with Crippen molar-refractivity contribution in [2.45, 2.75) is 9.92 Å². The third-order valence-electron chi connectivity index (χ3n) is 4.03. The Morgan fingerprint density at radius 2 is 1.67 bits per heavy atom. The maximum Gasteiger partial charge on any atom is 0.414 e. The fraction of sp³-hybridized carbons (Fsp3) is 0.227. The van der Waals surface area contributed by atoms with Gasteiger partial charge in [0.25, 0.3) is 0 Å². The summed E-state index contributed by atoms with van der Waals surface area (Å²) in [6.07, 6.45) is 2.11. The minimum Gasteiger partial charge on any atom is -0.473 e. The predicted octanol–water partition coefficient (Wildman–Crippen LogP) is 4.43. The topological polar surface area (TPSA) is 90.7 Å². The summed E-state index contributed by atoms with van der Waals surface area (Å²) in [4.78, 5) is 26.6. The molecule has 0 saturated carbocycles. The van der Waals surface area contributed by atoms with Crippen LogP contribution in [0.25, 0.3) is 22.0 Å². The smallest absolute Gasteiger partial charge is 0.414 e. The van der Waals surface area contributed by atoms with Crippen molar-refractivity contribution in [3.05, 3.63) is 54.6 Å². The molecule has 0 amide bonds. The molecule has 0 bridgehead atoms. The maximum absolute atomic E-state index is 9.10. The maximum atomic E-state index is 9.10. The van der Waals surface area contributed by atoms with E-state index in [1.807, 2.05) is 11.8 Å². The van der Waals surface area contributed by atoms with Crippen molar-refractivity contribution in [3.63, 3.8) is 0 Å². The monoisotopic (exact) mass is 444 g/mol. The second kappa shape index (κ2) is 11.6. The molecule has 0 spiro atoms. The standard InChI is InChI=1S/C20H22N2S2.C2H2O4/c1-22(2)11-12-24-20-18(15-7-5-4-6-8-15)14-16-13-17(23-3)9-10-19(16)21-20;3-1(4)2(5)6/h4-10,13-14H,11-12H2,1-3H3;(H,3,4)(H,5,6). The molecule has 2 N–H and O–H groups in total. The van der Waals surface area contributed by atoms with Crippen LogP contribution in [0.5, 0.6) is 0 Å². The largest absolute Gasteiger partial charge is 0.473 e. The number of fused-ring (bicyclic) bond motifs is 1. The summed E-state index contributed by atoms with van der Waals surface area (Å²) in [5, 5.41) is 17.1. The van der Waals surface area contributed by atoms with Crippen molar-refractivity contribution < 1.29 is 19.8 Å². The Bertz CT molecular complexity index is 999. The molecular formula is C22H24N2O4S2. The van der Waals surface area contributed by atoms with Gasteiger partial charge < -0.3 is 15.1 Å². The lowest BCUT2D eigenvalue weighted by Gasteiger charge is -2.13. The van der Waals surface area contributed by atoms with Gasteiger partial charge in [-0.15, -0.1) is 23.5 Å². The number of hydrogen-bond donors (Lipinski definition) is 2. The molecule has 8 heteroatoms. The Balaban J connectivity index is 0.000000469. The molecule has 0 saturated heterocycles. The number of pyridine rings is 1. The summed E-state index contributed by atoms with van der Waals surface area (Å²) in [7, 11) is 4.22. The van der Waals surface area contributed by atoms with Crippen LogP contribution in [0.2, 0.25) is 0 Å². The quantitative estimate of drug-likeness (QED) is 0.426. The zero-order valence-corrected chi connectivity index (χ0v) is 18.7. The van der Waals surface area contributed by atoms with E-state index in [4.69, 9.17) is 24.8 Å². The first kappa shape index (κ1) is 23.7. The Hall–Kier alpha value is -2.55. The molecule has 0 atom stereocenters. The number of rotatable bonds is 6. The van der Waals surface area contributed by atoms with E-state index >= 15 is 0 Å². The van der Waals surface area contributed by atoms with Gasteiger partial charge in [0.15, 0.2) is 0 Å². The number of carbonyl (C=O) groups is 2. The highest BCUT2D eigenvalue weighted by Crippen LogP contribution is 2.33. The first-order valence-corrected chi connectivity index (χ1v) is 11.3. The van der Waals surface area contributed by atoms with E-state index in [1.54, 1.807) is 11.8 Å². The van der Waals surface area contributed by atoms with Crippen LogP contribution in [0.3, 0.4) is 0 Å². The fourth-order valence-electron chi connectivity index (χ4n) is 2.52. The van der Waals surface area contributed by atoms with E-state index < -0.39 is 11.9 Å². The average molecular weight is 445 g/mol. The van der Waals surface area contributed by atoms with Crippen LogP contribution in [-0.4, -0.2) is 64.7 Å². The average Bonchev–Trinajstić information content (AvgIpc) is 2.73. The van der Waals surface area contributed by atoms with Crippen molar-refractivity contribution in [3.8, 4) is 11.1 Å². The highest BCUT2D eigenvalue weighted by molar-refractivity contribution is 7.99. The van der Waals surface area contributed by atoms with Gasteiger partial charge >= 0.3 is 11.9 Å². The Labute approximate surface area is 184 Å². The van der Waals surface area contributed by atoms with Gasteiger partial charge in [0.1, 0.15) is 5.03 Å². The number of carboxylic acid groups (broad SMARTS) is 2. The zero-order valence-electron chi connectivity index (χ0n) is 17.0. The summed E-state index contributed by atoms with van der Waals surface area (Å²) in [5.74, 6) is -2.61. The number of nitrogens with zero attached hydrogens (tertiary/aromatic N) is 2. The van der Waals surface area contributed by atoms with Crippen molar-refractivity contribution in [1.29, 1.82) is 0 Å². The molecule has 158 valence electrons. The molecule has 0 radical (unpaired) electrons. The van der Waals surface area contributed by atoms with Crippen LogP contribution in [0.1, 0.15) is 0 Å². The highest BCUT2D eigenvalue weighted by atomic mass is 32.2. The van der Waals surface area contributed by atoms with E-state index in [1.165, 1.54) is 21.4 Å². The number of hydrogen-bond acceptors (Lipinski definition) is 6. The molecule has 2 aromatic carbocycles. The summed E-state index contributed by atoms with van der Waals surface area (Å²) in [6, 6.07) is 19.4. The third kappa shape index (κ3) is 7.05. The molecule has 0 fully saturated rings. The molecule has 6 nitrogen and oxygen atoms in total.